The van der Waals surface area contributed by atoms with Crippen molar-refractivity contribution < 1.29 is 90.3 Å². The third-order valence-corrected chi connectivity index (χ3v) is 7.81. The molecule has 0 N–H and O–H groups in total. The molecule has 2 fully saturated rings. The van der Waals surface area contributed by atoms with Gasteiger partial charge in [0.15, 0.2) is 37.0 Å². The van der Waals surface area contributed by atoms with E-state index < -0.39 is 110 Å². The summed E-state index contributed by atoms with van der Waals surface area (Å²) < 4.78 is 73.6. The lowest BCUT2D eigenvalue weighted by Gasteiger charge is -2.48. The molecule has 0 aromatic heterocycles. The van der Waals surface area contributed by atoms with Gasteiger partial charge in [0.1, 0.15) is 50.0 Å². The summed E-state index contributed by atoms with van der Waals surface area (Å²) in [6.45, 7) is 5.47. The van der Waals surface area contributed by atoms with E-state index in [1.54, 1.807) is 30.3 Å². The minimum atomic E-state index is -1.71. The van der Waals surface area contributed by atoms with Gasteiger partial charge in [0.25, 0.3) is 0 Å². The Bertz CT molecular complexity index is 1530. The Kier molecular flexibility index (Phi) is 18.5. The minimum Gasteiger partial charge on any atom is -0.463 e. The number of benzene rings is 1. The van der Waals surface area contributed by atoms with E-state index in [1.165, 1.54) is 13.2 Å². The number of ether oxygens (including phenoxy) is 13. The zero-order chi connectivity index (χ0) is 41.4. The second kappa shape index (κ2) is 22.7. The van der Waals surface area contributed by atoms with Crippen molar-refractivity contribution in [1.82, 2.24) is 0 Å². The van der Waals surface area contributed by atoms with Gasteiger partial charge in [-0.25, -0.2) is 0 Å². The van der Waals surface area contributed by atoms with Crippen molar-refractivity contribution in [3.63, 3.8) is 0 Å². The molecule has 2 saturated heterocycles. The number of thiocarbonyl (C=S) groups is 1. The summed E-state index contributed by atoms with van der Waals surface area (Å²) in [4.78, 5) is 73.4. The molecule has 310 valence electrons. The minimum absolute atomic E-state index is 0.0294. The topological polar surface area (TPSA) is 222 Å². The number of carbonyl (C=O) groups is 6. The Morgan fingerprint density at radius 2 is 1.05 bits per heavy atom. The van der Waals surface area contributed by atoms with Crippen LogP contribution in [-0.2, 0) is 85.6 Å². The van der Waals surface area contributed by atoms with E-state index in [0.717, 1.165) is 41.5 Å². The smallest absolute Gasteiger partial charge is 0.358 e. The largest absolute Gasteiger partial charge is 0.463 e. The molecular formula is C36H46O19S. The lowest BCUT2D eigenvalue weighted by atomic mass is 9.96. The fourth-order valence-corrected chi connectivity index (χ4v) is 5.72. The molecule has 2 heterocycles. The molecule has 19 nitrogen and oxygen atoms in total. The number of para-hydroxylation sites is 1. The average molecular weight is 815 g/mol. The van der Waals surface area contributed by atoms with Crippen LogP contribution in [0.1, 0.15) is 41.5 Å². The van der Waals surface area contributed by atoms with E-state index in [9.17, 15) is 28.8 Å². The summed E-state index contributed by atoms with van der Waals surface area (Å²) in [7, 11) is 1.23. The molecule has 20 heteroatoms. The number of rotatable bonds is 17. The highest BCUT2D eigenvalue weighted by atomic mass is 32.1. The maximum Gasteiger partial charge on any atom is 0.358 e. The summed E-state index contributed by atoms with van der Waals surface area (Å²) in [5.41, 5.74) is 0. The van der Waals surface area contributed by atoms with Crippen LogP contribution in [0.2, 0.25) is 0 Å². The maximum absolute atomic E-state index is 12.6. The first-order valence-electron chi connectivity index (χ1n) is 17.2. The fraction of sp³-hybridized carbons (Fsp3) is 0.583. The quantitative estimate of drug-likeness (QED) is 0.0944. The van der Waals surface area contributed by atoms with Crippen LogP contribution in [0.25, 0.3) is 0 Å². The van der Waals surface area contributed by atoms with E-state index in [0.29, 0.717) is 5.75 Å². The zero-order valence-electron chi connectivity index (χ0n) is 31.8. The van der Waals surface area contributed by atoms with E-state index in [1.807, 2.05) is 6.07 Å². The molecule has 0 aliphatic carbocycles. The van der Waals surface area contributed by atoms with Crippen LogP contribution in [-0.4, -0.2) is 136 Å². The van der Waals surface area contributed by atoms with Crippen molar-refractivity contribution in [2.75, 3.05) is 33.5 Å². The predicted molar refractivity (Wildman–Crippen MR) is 189 cm³/mol. The monoisotopic (exact) mass is 814 g/mol. The molecule has 2 aliphatic rings. The highest BCUT2D eigenvalue weighted by molar-refractivity contribution is 7.79. The molecule has 10 atom stereocenters. The van der Waals surface area contributed by atoms with Crippen molar-refractivity contribution in [1.29, 1.82) is 0 Å². The van der Waals surface area contributed by atoms with Crippen LogP contribution in [0.3, 0.4) is 0 Å². The number of carbonyl (C=O) groups excluding carboxylic acids is 6. The van der Waals surface area contributed by atoms with E-state index >= 15 is 0 Å². The first-order chi connectivity index (χ1) is 26.6. The molecule has 56 heavy (non-hydrogen) atoms. The van der Waals surface area contributed by atoms with E-state index in [2.05, 4.69) is 0 Å². The van der Waals surface area contributed by atoms with Crippen LogP contribution < -0.4 is 4.74 Å². The molecule has 1 aromatic carbocycles. The molecular weight excluding hydrogens is 768 g/mol. The Balaban J connectivity index is 2.00. The van der Waals surface area contributed by atoms with Crippen molar-refractivity contribution in [3.05, 3.63) is 42.5 Å². The zero-order valence-corrected chi connectivity index (χ0v) is 32.6. The van der Waals surface area contributed by atoms with Gasteiger partial charge in [-0.3, -0.25) is 28.8 Å². The first kappa shape index (κ1) is 45.7. The Morgan fingerprint density at radius 3 is 1.55 bits per heavy atom. The first-order valence-corrected chi connectivity index (χ1v) is 17.6. The molecule has 0 radical (unpaired) electrons. The van der Waals surface area contributed by atoms with Gasteiger partial charge in [-0.1, -0.05) is 24.3 Å². The van der Waals surface area contributed by atoms with Gasteiger partial charge in [0.05, 0.1) is 6.61 Å². The summed E-state index contributed by atoms with van der Waals surface area (Å²) in [5.74, 6) is -4.21. The van der Waals surface area contributed by atoms with Crippen molar-refractivity contribution in [2.24, 2.45) is 0 Å². The lowest BCUT2D eigenvalue weighted by molar-refractivity contribution is -0.361. The van der Waals surface area contributed by atoms with Crippen molar-refractivity contribution in [2.45, 2.75) is 103 Å². The molecule has 1 aromatic rings. The SMILES string of the molecule is CO[C@@H]1O[C@H](COC(C)=O)[C@@H](OC(C)=O)[C@H](O[C@@H]2O[C@H](COC(C)=O)[C@@H](OC(C)=O)[C@H](OC/C=C\COC(=S)Oc3ccccc3)[C@H]2OC(C)=O)[C@H]1OC(C)=O. The summed E-state index contributed by atoms with van der Waals surface area (Å²) >= 11 is 5.11. The third-order valence-electron chi connectivity index (χ3n) is 7.61. The van der Waals surface area contributed by atoms with Crippen LogP contribution in [0.15, 0.2) is 42.5 Å². The second-order valence-corrected chi connectivity index (χ2v) is 12.4. The Morgan fingerprint density at radius 1 is 0.589 bits per heavy atom. The molecule has 0 bridgehead atoms. The normalized spacial score (nSPS) is 27.3. The van der Waals surface area contributed by atoms with Gasteiger partial charge in [-0.05, 0) is 18.2 Å². The fourth-order valence-electron chi connectivity index (χ4n) is 5.56. The van der Waals surface area contributed by atoms with Gasteiger partial charge in [-0.15, -0.1) is 0 Å². The maximum atomic E-state index is 12.6. The summed E-state index contributed by atoms with van der Waals surface area (Å²) in [5, 5.41) is -0.137. The average Bonchev–Trinajstić information content (AvgIpc) is 3.11. The van der Waals surface area contributed by atoms with Crippen LogP contribution in [0, 0.1) is 0 Å². The van der Waals surface area contributed by atoms with Gasteiger partial charge >= 0.3 is 41.1 Å². The standard InChI is InChI=1S/C36H46O19S/c1-19(37)46-17-26-28(48-21(3)39)30(44-15-11-12-16-45-36(56)52-25-13-9-8-10-14-25)32(50-23(5)41)35(54-26)55-31-29(49-22(4)40)27(18-47-20(2)38)53-34(43-7)33(31)51-24(6)42/h8-14,26-35H,15-18H2,1-7H3/b12-11-/t26-,27-,28-,29-,30+,31+,32-,33-,34-,35+/m1/s1. The van der Waals surface area contributed by atoms with Crippen LogP contribution in [0.5, 0.6) is 5.75 Å². The third kappa shape index (κ3) is 14.7. The molecule has 0 spiro atoms. The number of hydrogen-bond acceptors (Lipinski definition) is 20. The van der Waals surface area contributed by atoms with Crippen molar-refractivity contribution in [3.8, 4) is 5.75 Å². The number of methoxy groups -OCH3 is 1. The molecule has 0 amide bonds. The highest BCUT2D eigenvalue weighted by Crippen LogP contribution is 2.35. The molecule has 3 rings (SSSR count). The van der Waals surface area contributed by atoms with Gasteiger partial charge in [0.2, 0.25) is 0 Å². The van der Waals surface area contributed by atoms with Crippen LogP contribution in [0.4, 0.5) is 0 Å². The van der Waals surface area contributed by atoms with Gasteiger partial charge in [0, 0.05) is 60.9 Å². The van der Waals surface area contributed by atoms with E-state index in [-0.39, 0.29) is 18.5 Å². The van der Waals surface area contributed by atoms with Crippen LogP contribution >= 0.6 is 12.2 Å². The highest BCUT2D eigenvalue weighted by Gasteiger charge is 2.57. The predicted octanol–water partition coefficient (Wildman–Crippen LogP) is 1.64. The molecule has 0 saturated carbocycles. The number of hydrogen-bond donors (Lipinski definition) is 0. The van der Waals surface area contributed by atoms with Crippen molar-refractivity contribution >= 4 is 53.3 Å². The van der Waals surface area contributed by atoms with Gasteiger partial charge < -0.3 is 61.6 Å². The summed E-state index contributed by atoms with van der Waals surface area (Å²) in [6, 6.07) is 8.74. The van der Waals surface area contributed by atoms with Gasteiger partial charge in [-0.2, -0.15) is 0 Å². The molecule has 2 aliphatic heterocycles. The Hall–Kier alpha value is -4.73. The number of esters is 6. The molecule has 0 unspecified atom stereocenters. The summed E-state index contributed by atoms with van der Waals surface area (Å²) in [6.07, 6.45) is -11.4. The lowest BCUT2D eigenvalue weighted by Crippen LogP contribution is -2.67. The Labute approximate surface area is 327 Å². The second-order valence-electron chi connectivity index (χ2n) is 12.1. The van der Waals surface area contributed by atoms with E-state index in [4.69, 9.17) is 73.8 Å².